The fourth-order valence-electron chi connectivity index (χ4n) is 3.17. The number of thioether (sulfide) groups is 1. The van der Waals surface area contributed by atoms with Gasteiger partial charge in [0.1, 0.15) is 11.6 Å². The molecule has 0 saturated carbocycles. The first-order chi connectivity index (χ1) is 16.5. The molecule has 0 saturated heterocycles. The Hall–Kier alpha value is -3.79. The topological polar surface area (TPSA) is 69.0 Å². The second-order valence-electron chi connectivity index (χ2n) is 7.08. The van der Waals surface area contributed by atoms with E-state index in [9.17, 15) is 18.0 Å². The van der Waals surface area contributed by atoms with Crippen molar-refractivity contribution in [1.82, 2.24) is 20.1 Å². The summed E-state index contributed by atoms with van der Waals surface area (Å²) < 4.78 is 44.3. The Labute approximate surface area is 197 Å². The molecule has 6 nitrogen and oxygen atoms in total. The molecule has 0 aliphatic rings. The molecule has 10 heteroatoms. The molecule has 0 spiro atoms. The monoisotopic (exact) mass is 484 g/mol. The van der Waals surface area contributed by atoms with Gasteiger partial charge in [-0.25, -0.2) is 4.39 Å². The quantitative estimate of drug-likeness (QED) is 0.336. The number of ether oxygens (including phenoxy) is 1. The molecule has 4 aromatic rings. The van der Waals surface area contributed by atoms with Crippen molar-refractivity contribution < 1.29 is 22.7 Å². The van der Waals surface area contributed by atoms with Gasteiger partial charge >= 0.3 is 6.61 Å². The number of halogens is 3. The average molecular weight is 485 g/mol. The van der Waals surface area contributed by atoms with Gasteiger partial charge in [0, 0.05) is 17.8 Å². The standard InChI is InChI=1S/C24H19F3N4O2S/c25-18-11-9-17(10-12-18)22-29-30-24(31(22)19-6-2-1-3-7-19)34-15-21(32)28-14-16-5-4-8-20(13-16)33-23(26)27/h1-13,23H,14-15H2,(H,28,32). The summed E-state index contributed by atoms with van der Waals surface area (Å²) in [6.07, 6.45) is 0. The van der Waals surface area contributed by atoms with Crippen LogP contribution in [0.3, 0.4) is 0 Å². The zero-order valence-electron chi connectivity index (χ0n) is 17.7. The van der Waals surface area contributed by atoms with E-state index < -0.39 is 6.61 Å². The van der Waals surface area contributed by atoms with E-state index >= 15 is 0 Å². The van der Waals surface area contributed by atoms with E-state index in [0.717, 1.165) is 5.69 Å². The zero-order valence-corrected chi connectivity index (χ0v) is 18.5. The smallest absolute Gasteiger partial charge is 0.387 e. The Morgan fingerprint density at radius 3 is 2.50 bits per heavy atom. The van der Waals surface area contributed by atoms with Crippen molar-refractivity contribution >= 4 is 17.7 Å². The van der Waals surface area contributed by atoms with Crippen molar-refractivity contribution in [2.24, 2.45) is 0 Å². The van der Waals surface area contributed by atoms with Crippen LogP contribution in [0.4, 0.5) is 13.2 Å². The Morgan fingerprint density at radius 1 is 1.00 bits per heavy atom. The van der Waals surface area contributed by atoms with Crippen LogP contribution in [0.25, 0.3) is 17.1 Å². The number of rotatable bonds is 9. The van der Waals surface area contributed by atoms with Crippen LogP contribution in [0.15, 0.2) is 84.0 Å². The minimum absolute atomic E-state index is 0.0282. The molecule has 0 aliphatic carbocycles. The largest absolute Gasteiger partial charge is 0.435 e. The number of para-hydroxylation sites is 1. The number of hydrogen-bond donors (Lipinski definition) is 1. The Bertz CT molecular complexity index is 1250. The SMILES string of the molecule is O=C(CSc1nnc(-c2ccc(F)cc2)n1-c1ccccc1)NCc1cccc(OC(F)F)c1. The van der Waals surface area contributed by atoms with Crippen LogP contribution in [0.1, 0.15) is 5.56 Å². The summed E-state index contributed by atoms with van der Waals surface area (Å²) in [4.78, 5) is 12.4. The fraction of sp³-hybridized carbons (Fsp3) is 0.125. The second kappa shape index (κ2) is 10.9. The second-order valence-corrected chi connectivity index (χ2v) is 8.02. The van der Waals surface area contributed by atoms with Crippen molar-refractivity contribution in [2.75, 3.05) is 5.75 Å². The van der Waals surface area contributed by atoms with Crippen LogP contribution in [0.5, 0.6) is 5.75 Å². The number of nitrogens with zero attached hydrogens (tertiary/aromatic N) is 3. The van der Waals surface area contributed by atoms with Crippen molar-refractivity contribution in [3.8, 4) is 22.8 Å². The van der Waals surface area contributed by atoms with Crippen LogP contribution in [-0.2, 0) is 11.3 Å². The molecular formula is C24H19F3N4O2S. The predicted molar refractivity (Wildman–Crippen MR) is 122 cm³/mol. The highest BCUT2D eigenvalue weighted by molar-refractivity contribution is 7.99. The molecule has 1 amide bonds. The lowest BCUT2D eigenvalue weighted by atomic mass is 10.2. The lowest BCUT2D eigenvalue weighted by molar-refractivity contribution is -0.118. The van der Waals surface area contributed by atoms with Gasteiger partial charge in [0.25, 0.3) is 0 Å². The highest BCUT2D eigenvalue weighted by atomic mass is 32.2. The molecule has 34 heavy (non-hydrogen) atoms. The molecule has 1 heterocycles. The molecule has 0 fully saturated rings. The molecule has 4 rings (SSSR count). The van der Waals surface area contributed by atoms with Gasteiger partial charge in [0.15, 0.2) is 11.0 Å². The number of aromatic nitrogens is 3. The predicted octanol–water partition coefficient (Wildman–Crippen LogP) is 5.08. The van der Waals surface area contributed by atoms with Gasteiger partial charge in [0.2, 0.25) is 5.91 Å². The molecule has 1 aromatic heterocycles. The number of alkyl halides is 2. The maximum Gasteiger partial charge on any atom is 0.387 e. The van der Waals surface area contributed by atoms with Gasteiger partial charge in [-0.05, 0) is 54.1 Å². The maximum absolute atomic E-state index is 13.4. The molecule has 0 aliphatic heterocycles. The van der Waals surface area contributed by atoms with E-state index in [4.69, 9.17) is 0 Å². The molecule has 1 N–H and O–H groups in total. The third kappa shape index (κ3) is 5.96. The first-order valence-corrected chi connectivity index (χ1v) is 11.2. The Balaban J connectivity index is 1.45. The fourth-order valence-corrected chi connectivity index (χ4v) is 3.95. The summed E-state index contributed by atoms with van der Waals surface area (Å²) in [6.45, 7) is -2.76. The van der Waals surface area contributed by atoms with Gasteiger partial charge < -0.3 is 10.1 Å². The number of carbonyl (C=O) groups is 1. The maximum atomic E-state index is 13.4. The van der Waals surface area contributed by atoms with Crippen molar-refractivity contribution in [1.29, 1.82) is 0 Å². The summed E-state index contributed by atoms with van der Waals surface area (Å²) in [5, 5.41) is 11.7. The highest BCUT2D eigenvalue weighted by Crippen LogP contribution is 2.28. The third-order valence-electron chi connectivity index (χ3n) is 4.70. The van der Waals surface area contributed by atoms with Gasteiger partial charge in [-0.3, -0.25) is 9.36 Å². The average Bonchev–Trinajstić information content (AvgIpc) is 3.26. The zero-order chi connectivity index (χ0) is 23.9. The van der Waals surface area contributed by atoms with Crippen molar-refractivity contribution in [3.05, 3.63) is 90.2 Å². The van der Waals surface area contributed by atoms with Crippen molar-refractivity contribution in [2.45, 2.75) is 18.3 Å². The van der Waals surface area contributed by atoms with E-state index in [1.165, 1.54) is 36.0 Å². The van der Waals surface area contributed by atoms with Gasteiger partial charge in [-0.2, -0.15) is 8.78 Å². The lowest BCUT2D eigenvalue weighted by Crippen LogP contribution is -2.24. The normalized spacial score (nSPS) is 10.9. The molecule has 174 valence electrons. The van der Waals surface area contributed by atoms with Crippen LogP contribution < -0.4 is 10.1 Å². The summed E-state index contributed by atoms with van der Waals surface area (Å²) in [7, 11) is 0. The highest BCUT2D eigenvalue weighted by Gasteiger charge is 2.17. The number of amides is 1. The summed E-state index contributed by atoms with van der Waals surface area (Å²) in [5.74, 6) is -0.0182. The summed E-state index contributed by atoms with van der Waals surface area (Å²) >= 11 is 1.19. The first kappa shape index (κ1) is 23.4. The summed E-state index contributed by atoms with van der Waals surface area (Å²) in [6, 6.07) is 21.5. The first-order valence-electron chi connectivity index (χ1n) is 10.2. The molecule has 0 unspecified atom stereocenters. The Morgan fingerprint density at radius 2 is 1.76 bits per heavy atom. The number of carbonyl (C=O) groups excluding carboxylic acids is 1. The van der Waals surface area contributed by atoms with E-state index in [0.29, 0.717) is 22.1 Å². The van der Waals surface area contributed by atoms with E-state index in [1.54, 1.807) is 28.8 Å². The lowest BCUT2D eigenvalue weighted by Gasteiger charge is -2.11. The molecule has 0 bridgehead atoms. The number of nitrogens with one attached hydrogen (secondary N) is 1. The van der Waals surface area contributed by atoms with Gasteiger partial charge in [0.05, 0.1) is 5.75 Å². The Kier molecular flexibility index (Phi) is 7.48. The minimum Gasteiger partial charge on any atom is -0.435 e. The molecule has 0 atom stereocenters. The third-order valence-corrected chi connectivity index (χ3v) is 5.62. The van der Waals surface area contributed by atoms with Gasteiger partial charge in [-0.1, -0.05) is 42.1 Å². The van der Waals surface area contributed by atoms with E-state index in [-0.39, 0.29) is 29.8 Å². The molecular weight excluding hydrogens is 465 g/mol. The molecule has 3 aromatic carbocycles. The molecule has 0 radical (unpaired) electrons. The van der Waals surface area contributed by atoms with Crippen LogP contribution in [0, 0.1) is 5.82 Å². The van der Waals surface area contributed by atoms with Gasteiger partial charge in [-0.15, -0.1) is 10.2 Å². The van der Waals surface area contributed by atoms with E-state index in [1.807, 2.05) is 30.3 Å². The van der Waals surface area contributed by atoms with Crippen molar-refractivity contribution in [3.63, 3.8) is 0 Å². The van der Waals surface area contributed by atoms with E-state index in [2.05, 4.69) is 20.3 Å². The number of benzene rings is 3. The minimum atomic E-state index is -2.91. The van der Waals surface area contributed by atoms with Crippen LogP contribution >= 0.6 is 11.8 Å². The number of hydrogen-bond acceptors (Lipinski definition) is 5. The van der Waals surface area contributed by atoms with Crippen LogP contribution in [0.2, 0.25) is 0 Å². The van der Waals surface area contributed by atoms with Crippen LogP contribution in [-0.4, -0.2) is 33.0 Å². The summed E-state index contributed by atoms with van der Waals surface area (Å²) in [5.41, 5.74) is 2.10.